The Morgan fingerprint density at radius 2 is 1.89 bits per heavy atom. The van der Waals surface area contributed by atoms with Crippen LogP contribution in [0.2, 0.25) is 0 Å². The molecule has 0 spiro atoms. The van der Waals surface area contributed by atoms with Crippen LogP contribution in [0.25, 0.3) is 0 Å². The summed E-state index contributed by atoms with van der Waals surface area (Å²) in [5.74, 6) is 0.495. The van der Waals surface area contributed by atoms with E-state index in [1.165, 1.54) is 0 Å². The molecule has 0 saturated heterocycles. The molecule has 1 rings (SSSR count). The lowest BCUT2D eigenvalue weighted by Gasteiger charge is -2.12. The lowest BCUT2D eigenvalue weighted by molar-refractivity contribution is 0.0989. The first kappa shape index (κ1) is 6.56. The zero-order chi connectivity index (χ0) is 6.69. The van der Waals surface area contributed by atoms with Crippen molar-refractivity contribution in [2.24, 2.45) is 5.92 Å². The van der Waals surface area contributed by atoms with Gasteiger partial charge in [0.25, 0.3) is 0 Å². The fourth-order valence-electron chi connectivity index (χ4n) is 0.919. The van der Waals surface area contributed by atoms with E-state index in [4.69, 9.17) is 4.74 Å². The van der Waals surface area contributed by atoms with Crippen molar-refractivity contribution in [1.82, 2.24) is 0 Å². The van der Waals surface area contributed by atoms with Crippen LogP contribution >= 0.6 is 0 Å². The summed E-state index contributed by atoms with van der Waals surface area (Å²) in [6.45, 7) is 2.07. The molecule has 1 atom stereocenters. The molecule has 1 nitrogen and oxygen atoms in total. The van der Waals surface area contributed by atoms with Gasteiger partial charge in [-0.1, -0.05) is 24.3 Å². The predicted octanol–water partition coefficient (Wildman–Crippen LogP) is 1.76. The van der Waals surface area contributed by atoms with E-state index in [1.54, 1.807) is 7.11 Å². The van der Waals surface area contributed by atoms with Crippen molar-refractivity contribution < 1.29 is 4.74 Å². The van der Waals surface area contributed by atoms with Gasteiger partial charge in [0.1, 0.15) is 0 Å². The Labute approximate surface area is 56.0 Å². The molecule has 50 valence electrons. The average Bonchev–Trinajstić information content (AvgIpc) is 2.37. The largest absolute Gasteiger partial charge is 0.381 e. The van der Waals surface area contributed by atoms with Crippen molar-refractivity contribution in [2.75, 3.05) is 7.11 Å². The van der Waals surface area contributed by atoms with Gasteiger partial charge in [-0.15, -0.1) is 0 Å². The molecule has 1 aliphatic rings. The maximum absolute atomic E-state index is 5.13. The first-order valence-corrected chi connectivity index (χ1v) is 3.22. The molecule has 0 aromatic carbocycles. The van der Waals surface area contributed by atoms with Crippen molar-refractivity contribution in [3.05, 3.63) is 24.3 Å². The second kappa shape index (κ2) is 2.83. The van der Waals surface area contributed by atoms with Crippen LogP contribution < -0.4 is 0 Å². The van der Waals surface area contributed by atoms with Gasteiger partial charge in [0.2, 0.25) is 0 Å². The quantitative estimate of drug-likeness (QED) is 0.545. The lowest BCUT2D eigenvalue weighted by atomic mass is 10.1. The molecule has 9 heavy (non-hydrogen) atoms. The van der Waals surface area contributed by atoms with E-state index in [2.05, 4.69) is 31.2 Å². The molecular formula is C8H12O. The lowest BCUT2D eigenvalue weighted by Crippen LogP contribution is -2.13. The van der Waals surface area contributed by atoms with E-state index in [9.17, 15) is 0 Å². The van der Waals surface area contributed by atoms with E-state index in [0.717, 1.165) is 0 Å². The Kier molecular flexibility index (Phi) is 2.06. The highest BCUT2D eigenvalue weighted by atomic mass is 16.5. The molecule has 0 heterocycles. The highest BCUT2D eigenvalue weighted by Crippen LogP contribution is 2.14. The van der Waals surface area contributed by atoms with Crippen LogP contribution in [0.4, 0.5) is 0 Å². The van der Waals surface area contributed by atoms with Crippen LogP contribution in [-0.2, 0) is 4.74 Å². The Balaban J connectivity index is 2.43. The summed E-state index contributed by atoms with van der Waals surface area (Å²) in [5.41, 5.74) is 0. The molecule has 1 unspecified atom stereocenters. The number of methoxy groups -OCH3 is 1. The van der Waals surface area contributed by atoms with Crippen molar-refractivity contribution in [1.29, 1.82) is 0 Å². The topological polar surface area (TPSA) is 9.23 Å². The van der Waals surface area contributed by atoms with Gasteiger partial charge in [-0.3, -0.25) is 0 Å². The molecular weight excluding hydrogens is 112 g/mol. The molecule has 0 aliphatic heterocycles. The van der Waals surface area contributed by atoms with Crippen LogP contribution in [0.3, 0.4) is 0 Å². The smallest absolute Gasteiger partial charge is 0.0640 e. The van der Waals surface area contributed by atoms with Gasteiger partial charge in [-0.05, 0) is 6.92 Å². The third kappa shape index (κ3) is 1.42. The second-order valence-electron chi connectivity index (χ2n) is 2.29. The van der Waals surface area contributed by atoms with Crippen molar-refractivity contribution in [2.45, 2.75) is 13.0 Å². The minimum atomic E-state index is 0.319. The van der Waals surface area contributed by atoms with E-state index in [-0.39, 0.29) is 0 Å². The fourth-order valence-corrected chi connectivity index (χ4v) is 0.919. The zero-order valence-corrected chi connectivity index (χ0v) is 5.87. The van der Waals surface area contributed by atoms with Crippen LogP contribution in [0, 0.1) is 5.92 Å². The molecule has 1 aliphatic carbocycles. The zero-order valence-electron chi connectivity index (χ0n) is 5.87. The molecule has 0 aromatic heterocycles. The normalized spacial score (nSPS) is 21.1. The highest BCUT2D eigenvalue weighted by molar-refractivity contribution is 5.18. The summed E-state index contributed by atoms with van der Waals surface area (Å²) in [4.78, 5) is 0. The van der Waals surface area contributed by atoms with Crippen LogP contribution in [0.15, 0.2) is 24.3 Å². The van der Waals surface area contributed by atoms with Gasteiger partial charge < -0.3 is 4.74 Å². The van der Waals surface area contributed by atoms with E-state index < -0.39 is 0 Å². The van der Waals surface area contributed by atoms with Crippen molar-refractivity contribution in [3.8, 4) is 0 Å². The molecule has 1 heteroatoms. The minimum Gasteiger partial charge on any atom is -0.381 e. The number of ether oxygens (including phenoxy) is 1. The summed E-state index contributed by atoms with van der Waals surface area (Å²) < 4.78 is 5.13. The van der Waals surface area contributed by atoms with Crippen LogP contribution in [0.5, 0.6) is 0 Å². The summed E-state index contributed by atoms with van der Waals surface area (Å²) in [5, 5.41) is 0. The molecule has 0 saturated carbocycles. The number of allylic oxidation sites excluding steroid dienone is 2. The summed E-state index contributed by atoms with van der Waals surface area (Å²) in [7, 11) is 1.74. The van der Waals surface area contributed by atoms with Crippen LogP contribution in [0.1, 0.15) is 6.92 Å². The molecule has 0 radical (unpaired) electrons. The monoisotopic (exact) mass is 124 g/mol. The first-order valence-electron chi connectivity index (χ1n) is 3.22. The number of rotatable bonds is 2. The van der Waals surface area contributed by atoms with E-state index in [1.807, 2.05) is 0 Å². The third-order valence-electron chi connectivity index (χ3n) is 1.69. The standard InChI is InChI=1S/C8H12O/c1-7(9-2)8-5-3-4-6-8/h3-8H,1-2H3. The maximum atomic E-state index is 5.13. The van der Waals surface area contributed by atoms with Gasteiger partial charge >= 0.3 is 0 Å². The first-order chi connectivity index (χ1) is 4.34. The number of hydrogen-bond acceptors (Lipinski definition) is 1. The summed E-state index contributed by atoms with van der Waals surface area (Å²) >= 11 is 0. The van der Waals surface area contributed by atoms with Gasteiger partial charge in [0.15, 0.2) is 0 Å². The van der Waals surface area contributed by atoms with Gasteiger partial charge in [0.05, 0.1) is 6.10 Å². The van der Waals surface area contributed by atoms with Gasteiger partial charge in [-0.25, -0.2) is 0 Å². The minimum absolute atomic E-state index is 0.319. The van der Waals surface area contributed by atoms with Crippen molar-refractivity contribution in [3.63, 3.8) is 0 Å². The van der Waals surface area contributed by atoms with E-state index in [0.29, 0.717) is 12.0 Å². The molecule has 0 amide bonds. The summed E-state index contributed by atoms with van der Waals surface area (Å²) in [6, 6.07) is 0. The third-order valence-corrected chi connectivity index (χ3v) is 1.69. The Bertz CT molecular complexity index is 124. The highest BCUT2D eigenvalue weighted by Gasteiger charge is 2.11. The Morgan fingerprint density at radius 3 is 2.33 bits per heavy atom. The molecule has 0 N–H and O–H groups in total. The molecule has 0 bridgehead atoms. The number of hydrogen-bond donors (Lipinski definition) is 0. The van der Waals surface area contributed by atoms with Crippen LogP contribution in [-0.4, -0.2) is 13.2 Å². The second-order valence-corrected chi connectivity index (χ2v) is 2.29. The SMILES string of the molecule is COC(C)C1C=CC=C1. The van der Waals surface area contributed by atoms with Gasteiger partial charge in [0, 0.05) is 13.0 Å². The van der Waals surface area contributed by atoms with E-state index >= 15 is 0 Å². The maximum Gasteiger partial charge on any atom is 0.0640 e. The fraction of sp³-hybridized carbons (Fsp3) is 0.500. The molecule has 0 aromatic rings. The average molecular weight is 124 g/mol. The van der Waals surface area contributed by atoms with Gasteiger partial charge in [-0.2, -0.15) is 0 Å². The Hall–Kier alpha value is -0.560. The van der Waals surface area contributed by atoms with Crippen molar-refractivity contribution >= 4 is 0 Å². The Morgan fingerprint density at radius 1 is 1.33 bits per heavy atom. The molecule has 0 fully saturated rings. The predicted molar refractivity (Wildman–Crippen MR) is 38.2 cm³/mol. The summed E-state index contributed by atoms with van der Waals surface area (Å²) in [6.07, 6.45) is 8.72.